The van der Waals surface area contributed by atoms with Crippen LogP contribution < -0.4 is 5.56 Å². The topological polar surface area (TPSA) is 58.4 Å². The van der Waals surface area contributed by atoms with Crippen molar-refractivity contribution in [1.29, 1.82) is 0 Å². The Kier molecular flexibility index (Phi) is 6.54. The number of benzene rings is 1. The minimum absolute atomic E-state index is 0.0978. The van der Waals surface area contributed by atoms with E-state index in [0.29, 0.717) is 25.3 Å². The third-order valence-corrected chi connectivity index (χ3v) is 4.65. The molecule has 2 heterocycles. The fraction of sp³-hybridized carbons (Fsp3) is 0.381. The van der Waals surface area contributed by atoms with Crippen molar-refractivity contribution >= 4 is 12.0 Å². The van der Waals surface area contributed by atoms with E-state index in [-0.39, 0.29) is 11.5 Å². The molecule has 1 aromatic heterocycles. The van der Waals surface area contributed by atoms with Crippen LogP contribution in [0.4, 0.5) is 0 Å². The Morgan fingerprint density at radius 1 is 1.07 bits per heavy atom. The van der Waals surface area contributed by atoms with Gasteiger partial charge >= 0.3 is 0 Å². The first-order valence-electron chi connectivity index (χ1n) is 9.49. The minimum atomic E-state index is -0.163. The molecule has 6 heteroatoms. The molecule has 142 valence electrons. The minimum Gasteiger partial charge on any atom is -0.335 e. The van der Waals surface area contributed by atoms with E-state index in [9.17, 15) is 9.59 Å². The average molecular weight is 366 g/mol. The summed E-state index contributed by atoms with van der Waals surface area (Å²) in [5.74, 6) is -0.0978. The van der Waals surface area contributed by atoms with Crippen molar-refractivity contribution in [3.8, 4) is 0 Å². The highest BCUT2D eigenvalue weighted by Gasteiger charge is 2.23. The summed E-state index contributed by atoms with van der Waals surface area (Å²) in [5, 5.41) is 4.23. The SMILES string of the molecule is CCCn1nc(C(=O)N2CCN(CC=Cc3ccccc3)CC2)ccc1=O. The van der Waals surface area contributed by atoms with Gasteiger partial charge in [0.2, 0.25) is 0 Å². The lowest BCUT2D eigenvalue weighted by Crippen LogP contribution is -2.49. The molecule has 0 saturated carbocycles. The van der Waals surface area contributed by atoms with Crippen molar-refractivity contribution in [3.05, 3.63) is 70.2 Å². The van der Waals surface area contributed by atoms with Crippen molar-refractivity contribution in [3.63, 3.8) is 0 Å². The smallest absolute Gasteiger partial charge is 0.274 e. The first-order chi connectivity index (χ1) is 13.2. The van der Waals surface area contributed by atoms with Gasteiger partial charge in [-0.1, -0.05) is 49.4 Å². The van der Waals surface area contributed by atoms with Crippen molar-refractivity contribution in [1.82, 2.24) is 19.6 Å². The fourth-order valence-corrected chi connectivity index (χ4v) is 3.13. The van der Waals surface area contributed by atoms with Gasteiger partial charge in [0.05, 0.1) is 0 Å². The van der Waals surface area contributed by atoms with Gasteiger partial charge in [-0.3, -0.25) is 14.5 Å². The van der Waals surface area contributed by atoms with E-state index in [4.69, 9.17) is 0 Å². The lowest BCUT2D eigenvalue weighted by molar-refractivity contribution is 0.0641. The van der Waals surface area contributed by atoms with Gasteiger partial charge in [0.15, 0.2) is 0 Å². The van der Waals surface area contributed by atoms with Crippen LogP contribution in [0.15, 0.2) is 53.3 Å². The van der Waals surface area contributed by atoms with Crippen molar-refractivity contribution in [2.75, 3.05) is 32.7 Å². The van der Waals surface area contributed by atoms with Crippen LogP contribution in [0.1, 0.15) is 29.4 Å². The molecule has 27 heavy (non-hydrogen) atoms. The van der Waals surface area contributed by atoms with E-state index in [1.165, 1.54) is 22.4 Å². The second-order valence-electron chi connectivity index (χ2n) is 6.69. The number of amides is 1. The van der Waals surface area contributed by atoms with Crippen molar-refractivity contribution in [2.45, 2.75) is 19.9 Å². The molecule has 0 spiro atoms. The van der Waals surface area contributed by atoms with Crippen LogP contribution in [0.3, 0.4) is 0 Å². The molecule has 0 radical (unpaired) electrons. The zero-order chi connectivity index (χ0) is 19.1. The third-order valence-electron chi connectivity index (χ3n) is 4.65. The monoisotopic (exact) mass is 366 g/mol. The predicted molar refractivity (Wildman–Crippen MR) is 107 cm³/mol. The quantitative estimate of drug-likeness (QED) is 0.786. The molecule has 0 atom stereocenters. The first kappa shape index (κ1) is 19.0. The van der Waals surface area contributed by atoms with Crippen LogP contribution >= 0.6 is 0 Å². The molecule has 0 aliphatic carbocycles. The lowest BCUT2D eigenvalue weighted by atomic mass is 10.2. The largest absolute Gasteiger partial charge is 0.335 e. The van der Waals surface area contributed by atoms with Crippen molar-refractivity contribution < 1.29 is 4.79 Å². The maximum atomic E-state index is 12.7. The molecule has 1 aliphatic heterocycles. The Labute approximate surface area is 159 Å². The van der Waals surface area contributed by atoms with Crippen LogP contribution in [0.25, 0.3) is 6.08 Å². The number of hydrogen-bond donors (Lipinski definition) is 0. The third kappa shape index (κ3) is 5.14. The summed E-state index contributed by atoms with van der Waals surface area (Å²) in [6.07, 6.45) is 5.09. The number of nitrogens with zero attached hydrogens (tertiary/aromatic N) is 4. The van der Waals surface area contributed by atoms with E-state index in [1.807, 2.05) is 30.0 Å². The van der Waals surface area contributed by atoms with Crippen LogP contribution in [0.5, 0.6) is 0 Å². The molecule has 1 saturated heterocycles. The highest BCUT2D eigenvalue weighted by Crippen LogP contribution is 2.07. The summed E-state index contributed by atoms with van der Waals surface area (Å²) in [4.78, 5) is 28.6. The van der Waals surface area contributed by atoms with Gasteiger partial charge in [-0.2, -0.15) is 5.10 Å². The van der Waals surface area contributed by atoms with Crippen LogP contribution in [-0.4, -0.2) is 58.2 Å². The highest BCUT2D eigenvalue weighted by atomic mass is 16.2. The zero-order valence-electron chi connectivity index (χ0n) is 15.8. The Hall–Kier alpha value is -2.73. The molecule has 0 N–H and O–H groups in total. The summed E-state index contributed by atoms with van der Waals surface area (Å²) in [6, 6.07) is 13.2. The van der Waals surface area contributed by atoms with Gasteiger partial charge in [-0.05, 0) is 18.1 Å². The Morgan fingerprint density at radius 2 is 1.81 bits per heavy atom. The molecule has 1 fully saturated rings. The van der Waals surface area contributed by atoms with Crippen LogP contribution in [-0.2, 0) is 6.54 Å². The molecule has 0 unspecified atom stereocenters. The second kappa shape index (κ2) is 9.28. The Bertz CT molecular complexity index is 837. The predicted octanol–water partition coefficient (Wildman–Crippen LogP) is 2.12. The molecule has 3 rings (SSSR count). The molecular formula is C21H26N4O2. The standard InChI is InChI=1S/C21H26N4O2/c1-2-12-25-20(26)11-10-19(22-25)21(27)24-16-14-23(15-17-24)13-6-9-18-7-4-3-5-8-18/h3-11H,2,12-17H2,1H3. The summed E-state index contributed by atoms with van der Waals surface area (Å²) >= 11 is 0. The molecule has 1 aliphatic rings. The molecule has 2 aromatic rings. The van der Waals surface area contributed by atoms with Gasteiger partial charge in [-0.15, -0.1) is 0 Å². The maximum Gasteiger partial charge on any atom is 0.274 e. The first-order valence-corrected chi connectivity index (χ1v) is 9.49. The summed E-state index contributed by atoms with van der Waals surface area (Å²) in [7, 11) is 0. The Balaban J connectivity index is 1.53. The molecule has 1 aromatic carbocycles. The van der Waals surface area contributed by atoms with E-state index >= 15 is 0 Å². The second-order valence-corrected chi connectivity index (χ2v) is 6.69. The Morgan fingerprint density at radius 3 is 2.52 bits per heavy atom. The van der Waals surface area contributed by atoms with Gasteiger partial charge in [0, 0.05) is 45.3 Å². The molecule has 1 amide bonds. The van der Waals surface area contributed by atoms with E-state index in [0.717, 1.165) is 26.1 Å². The summed E-state index contributed by atoms with van der Waals surface area (Å²) in [5.41, 5.74) is 1.38. The van der Waals surface area contributed by atoms with Gasteiger partial charge in [0.1, 0.15) is 5.69 Å². The molecule has 6 nitrogen and oxygen atoms in total. The number of piperazine rings is 1. The van der Waals surface area contributed by atoms with E-state index in [2.05, 4.69) is 34.3 Å². The zero-order valence-corrected chi connectivity index (χ0v) is 15.8. The van der Waals surface area contributed by atoms with Gasteiger partial charge in [-0.25, -0.2) is 4.68 Å². The van der Waals surface area contributed by atoms with Crippen molar-refractivity contribution in [2.24, 2.45) is 0 Å². The van der Waals surface area contributed by atoms with Gasteiger partial charge in [0.25, 0.3) is 11.5 Å². The summed E-state index contributed by atoms with van der Waals surface area (Å²) in [6.45, 7) is 6.39. The highest BCUT2D eigenvalue weighted by molar-refractivity contribution is 5.92. The number of rotatable bonds is 6. The van der Waals surface area contributed by atoms with Gasteiger partial charge < -0.3 is 4.90 Å². The molecule has 0 bridgehead atoms. The van der Waals surface area contributed by atoms with Crippen LogP contribution in [0.2, 0.25) is 0 Å². The van der Waals surface area contributed by atoms with E-state index in [1.54, 1.807) is 0 Å². The van der Waals surface area contributed by atoms with E-state index < -0.39 is 0 Å². The summed E-state index contributed by atoms with van der Waals surface area (Å²) < 4.78 is 1.37. The van der Waals surface area contributed by atoms with Crippen LogP contribution in [0, 0.1) is 0 Å². The number of carbonyl (C=O) groups excluding carboxylic acids is 1. The number of hydrogen-bond acceptors (Lipinski definition) is 4. The maximum absolute atomic E-state index is 12.7. The normalized spacial score (nSPS) is 15.4. The number of aromatic nitrogens is 2. The molecular weight excluding hydrogens is 340 g/mol. The fourth-order valence-electron chi connectivity index (χ4n) is 3.13. The average Bonchev–Trinajstić information content (AvgIpc) is 2.71. The number of carbonyl (C=O) groups is 1. The lowest BCUT2D eigenvalue weighted by Gasteiger charge is -2.34. The number of aryl methyl sites for hydroxylation is 1.